The Bertz CT molecular complexity index is 945. The maximum atomic E-state index is 12.6. The number of carbonyl (C=O) groups excluding carboxylic acids is 2. The number of fused-ring (bicyclic) bond motifs is 3. The highest BCUT2D eigenvalue weighted by atomic mass is 16.5. The number of rotatable bonds is 11. The van der Waals surface area contributed by atoms with Gasteiger partial charge in [-0.1, -0.05) is 75.2 Å². The summed E-state index contributed by atoms with van der Waals surface area (Å²) in [6.45, 7) is 4.09. The number of carbonyl (C=O) groups is 3. The van der Waals surface area contributed by atoms with E-state index < -0.39 is 24.0 Å². The summed E-state index contributed by atoms with van der Waals surface area (Å²) < 4.78 is 5.53. The number of benzene rings is 2. The molecule has 0 saturated carbocycles. The second-order valence-electron chi connectivity index (χ2n) is 8.38. The Morgan fingerprint density at radius 2 is 1.52 bits per heavy atom. The second kappa shape index (κ2) is 11.5. The molecule has 7 nitrogen and oxygen atoms in total. The van der Waals surface area contributed by atoms with Gasteiger partial charge in [-0.3, -0.25) is 4.79 Å². The molecular formula is C26H32N2O5. The summed E-state index contributed by atoms with van der Waals surface area (Å²) in [5.41, 5.74) is 4.57. The minimum atomic E-state index is -1.05. The number of amides is 2. The Labute approximate surface area is 194 Å². The average molecular weight is 453 g/mol. The minimum Gasteiger partial charge on any atom is -0.480 e. The van der Waals surface area contributed by atoms with Gasteiger partial charge in [0.15, 0.2) is 0 Å². The predicted molar refractivity (Wildman–Crippen MR) is 126 cm³/mol. The smallest absolute Gasteiger partial charge is 0.407 e. The molecule has 0 spiro atoms. The molecule has 2 unspecified atom stereocenters. The van der Waals surface area contributed by atoms with Gasteiger partial charge in [0.1, 0.15) is 12.6 Å². The van der Waals surface area contributed by atoms with Crippen LogP contribution in [0.5, 0.6) is 0 Å². The van der Waals surface area contributed by atoms with Gasteiger partial charge in [0.05, 0.1) is 5.92 Å². The number of ether oxygens (including phenoxy) is 1. The van der Waals surface area contributed by atoms with E-state index in [1.807, 2.05) is 38.1 Å². The molecule has 2 aromatic carbocycles. The standard InChI is InChI=1S/C26H32N2O5/c1-3-9-17(24(29)28-23(10-4-2)25(30)31)15-27-26(32)33-16-22-20-13-7-5-11-18(20)19-12-6-8-14-21(19)22/h5-8,11-14,17,22-23H,3-4,9-10,15-16H2,1-2H3,(H,27,32)(H,28,29)(H,30,31). The monoisotopic (exact) mass is 452 g/mol. The highest BCUT2D eigenvalue weighted by molar-refractivity contribution is 5.85. The van der Waals surface area contributed by atoms with Crippen molar-refractivity contribution in [3.63, 3.8) is 0 Å². The fourth-order valence-electron chi connectivity index (χ4n) is 4.37. The summed E-state index contributed by atoms with van der Waals surface area (Å²) in [5.74, 6) is -1.97. The Hall–Kier alpha value is -3.35. The van der Waals surface area contributed by atoms with Crippen LogP contribution in [0.4, 0.5) is 4.79 Å². The van der Waals surface area contributed by atoms with Crippen LogP contribution in [0.25, 0.3) is 11.1 Å². The van der Waals surface area contributed by atoms with E-state index in [0.29, 0.717) is 19.3 Å². The SMILES string of the molecule is CCCC(CNC(=O)OCC1c2ccccc2-c2ccccc21)C(=O)NC(CCC)C(=O)O. The number of carboxylic acids is 1. The van der Waals surface area contributed by atoms with Crippen molar-refractivity contribution in [3.8, 4) is 11.1 Å². The lowest BCUT2D eigenvalue weighted by molar-refractivity contribution is -0.142. The fraction of sp³-hybridized carbons (Fsp3) is 0.423. The molecule has 0 radical (unpaired) electrons. The zero-order valence-corrected chi connectivity index (χ0v) is 19.2. The van der Waals surface area contributed by atoms with Crippen LogP contribution >= 0.6 is 0 Å². The van der Waals surface area contributed by atoms with Crippen LogP contribution in [0, 0.1) is 5.92 Å². The average Bonchev–Trinajstić information content (AvgIpc) is 3.13. The number of aliphatic carboxylic acids is 1. The van der Waals surface area contributed by atoms with Crippen LogP contribution in [0.1, 0.15) is 56.6 Å². The molecule has 1 aliphatic rings. The molecule has 3 rings (SSSR count). The summed E-state index contributed by atoms with van der Waals surface area (Å²) in [7, 11) is 0. The van der Waals surface area contributed by atoms with Crippen LogP contribution in [-0.4, -0.2) is 42.3 Å². The molecule has 3 N–H and O–H groups in total. The van der Waals surface area contributed by atoms with Gasteiger partial charge in [-0.05, 0) is 35.1 Å². The lowest BCUT2D eigenvalue weighted by atomic mass is 9.98. The van der Waals surface area contributed by atoms with Gasteiger partial charge in [-0.2, -0.15) is 0 Å². The molecule has 0 bridgehead atoms. The molecule has 176 valence electrons. The van der Waals surface area contributed by atoms with Crippen molar-refractivity contribution in [2.24, 2.45) is 5.92 Å². The summed E-state index contributed by atoms with van der Waals surface area (Å²) in [5, 5.41) is 14.6. The molecule has 0 fully saturated rings. The molecule has 0 aliphatic heterocycles. The van der Waals surface area contributed by atoms with Gasteiger partial charge in [-0.15, -0.1) is 0 Å². The van der Waals surface area contributed by atoms with E-state index in [-0.39, 0.29) is 25.0 Å². The van der Waals surface area contributed by atoms with Crippen LogP contribution in [0.15, 0.2) is 48.5 Å². The van der Waals surface area contributed by atoms with Crippen molar-refractivity contribution >= 4 is 18.0 Å². The Morgan fingerprint density at radius 3 is 2.06 bits per heavy atom. The number of nitrogens with one attached hydrogen (secondary N) is 2. The number of hydrogen-bond acceptors (Lipinski definition) is 4. The van der Waals surface area contributed by atoms with Crippen molar-refractivity contribution in [1.29, 1.82) is 0 Å². The van der Waals surface area contributed by atoms with Crippen molar-refractivity contribution in [2.75, 3.05) is 13.2 Å². The molecule has 7 heteroatoms. The van der Waals surface area contributed by atoms with Gasteiger partial charge in [0.25, 0.3) is 0 Å². The maximum Gasteiger partial charge on any atom is 0.407 e. The van der Waals surface area contributed by atoms with E-state index >= 15 is 0 Å². The Kier molecular flexibility index (Phi) is 8.46. The summed E-state index contributed by atoms with van der Waals surface area (Å²) in [6, 6.07) is 15.3. The first kappa shape index (κ1) is 24.3. The number of hydrogen-bond donors (Lipinski definition) is 3. The van der Waals surface area contributed by atoms with Crippen LogP contribution < -0.4 is 10.6 Å². The largest absolute Gasteiger partial charge is 0.480 e. The van der Waals surface area contributed by atoms with Gasteiger partial charge < -0.3 is 20.5 Å². The number of carboxylic acid groups (broad SMARTS) is 1. The van der Waals surface area contributed by atoms with E-state index in [0.717, 1.165) is 28.7 Å². The van der Waals surface area contributed by atoms with Gasteiger partial charge >= 0.3 is 12.1 Å². The van der Waals surface area contributed by atoms with Gasteiger partial charge in [-0.25, -0.2) is 9.59 Å². The van der Waals surface area contributed by atoms with E-state index in [4.69, 9.17) is 4.74 Å². The quantitative estimate of drug-likeness (QED) is 0.471. The highest BCUT2D eigenvalue weighted by Crippen LogP contribution is 2.44. The first-order valence-electron chi connectivity index (χ1n) is 11.6. The summed E-state index contributed by atoms with van der Waals surface area (Å²) in [4.78, 5) is 36.4. The lowest BCUT2D eigenvalue weighted by Gasteiger charge is -2.20. The third-order valence-electron chi connectivity index (χ3n) is 6.04. The Morgan fingerprint density at radius 1 is 0.939 bits per heavy atom. The highest BCUT2D eigenvalue weighted by Gasteiger charge is 2.29. The molecule has 1 aliphatic carbocycles. The first-order valence-corrected chi connectivity index (χ1v) is 11.6. The van der Waals surface area contributed by atoms with Gasteiger partial charge in [0.2, 0.25) is 5.91 Å². The van der Waals surface area contributed by atoms with Crippen molar-refractivity contribution in [1.82, 2.24) is 10.6 Å². The first-order chi connectivity index (χ1) is 16.0. The van der Waals surface area contributed by atoms with Gasteiger partial charge in [0, 0.05) is 12.5 Å². The molecule has 0 saturated heterocycles. The lowest BCUT2D eigenvalue weighted by Crippen LogP contribution is -2.46. The topological polar surface area (TPSA) is 105 Å². The van der Waals surface area contributed by atoms with Crippen molar-refractivity contribution in [2.45, 2.75) is 51.5 Å². The summed E-state index contributed by atoms with van der Waals surface area (Å²) >= 11 is 0. The zero-order valence-electron chi connectivity index (χ0n) is 19.2. The molecular weight excluding hydrogens is 420 g/mol. The predicted octanol–water partition coefficient (Wildman–Crippen LogP) is 4.31. The Balaban J connectivity index is 1.57. The van der Waals surface area contributed by atoms with Crippen molar-refractivity contribution < 1.29 is 24.2 Å². The minimum absolute atomic E-state index is 0.0387. The van der Waals surface area contributed by atoms with Crippen LogP contribution in [0.3, 0.4) is 0 Å². The molecule has 0 heterocycles. The van der Waals surface area contributed by atoms with Crippen LogP contribution in [-0.2, 0) is 14.3 Å². The van der Waals surface area contributed by atoms with E-state index in [1.54, 1.807) is 0 Å². The zero-order chi connectivity index (χ0) is 23.8. The van der Waals surface area contributed by atoms with E-state index in [1.165, 1.54) is 0 Å². The third kappa shape index (κ3) is 5.92. The number of alkyl carbamates (subject to hydrolysis) is 1. The third-order valence-corrected chi connectivity index (χ3v) is 6.04. The van der Waals surface area contributed by atoms with E-state index in [2.05, 4.69) is 34.9 Å². The van der Waals surface area contributed by atoms with E-state index in [9.17, 15) is 19.5 Å². The maximum absolute atomic E-state index is 12.6. The molecule has 0 aromatic heterocycles. The van der Waals surface area contributed by atoms with Crippen LogP contribution in [0.2, 0.25) is 0 Å². The summed E-state index contributed by atoms with van der Waals surface area (Å²) in [6.07, 6.45) is 1.69. The molecule has 2 amide bonds. The normalized spacial score (nSPS) is 14.0. The molecule has 2 atom stereocenters. The molecule has 2 aromatic rings. The van der Waals surface area contributed by atoms with Crippen molar-refractivity contribution in [3.05, 3.63) is 59.7 Å². The molecule has 33 heavy (non-hydrogen) atoms. The fourth-order valence-corrected chi connectivity index (χ4v) is 4.37. The second-order valence-corrected chi connectivity index (χ2v) is 8.38.